The van der Waals surface area contributed by atoms with E-state index in [1.165, 1.54) is 0 Å². The number of hydrogen-bond acceptors (Lipinski definition) is 3. The van der Waals surface area contributed by atoms with Gasteiger partial charge in [0.2, 0.25) is 0 Å². The van der Waals surface area contributed by atoms with Crippen LogP contribution in [0.3, 0.4) is 0 Å². The number of ether oxygens (including phenoxy) is 1. The molecule has 0 saturated heterocycles. The minimum absolute atomic E-state index is 0.0654. The van der Waals surface area contributed by atoms with Gasteiger partial charge in [0.05, 0.1) is 30.6 Å². The third-order valence-corrected chi connectivity index (χ3v) is 1.93. The minimum atomic E-state index is -3.12. The van der Waals surface area contributed by atoms with E-state index in [9.17, 15) is 4.79 Å². The molecule has 2 rings (SSSR count). The third-order valence-electron chi connectivity index (χ3n) is 1.57. The van der Waals surface area contributed by atoms with Gasteiger partial charge in [-0.15, -0.1) is 0 Å². The van der Waals surface area contributed by atoms with Crippen LogP contribution in [0.25, 0.3) is 5.69 Å². The van der Waals surface area contributed by atoms with Crippen LogP contribution in [0.1, 0.15) is 22.7 Å². The number of benzene rings is 1. The third kappa shape index (κ3) is 2.14. The molecule has 0 unspecified atom stereocenters. The van der Waals surface area contributed by atoms with Crippen LogP contribution < -0.4 is 0 Å². The Balaban J connectivity index is 2.79. The van der Waals surface area contributed by atoms with Crippen molar-refractivity contribution in [2.75, 3.05) is 7.04 Å². The molecule has 2 aromatic rings. The molecule has 0 radical (unpaired) electrons. The Kier molecular flexibility index (Phi) is 1.21. The summed E-state index contributed by atoms with van der Waals surface area (Å²) in [4.78, 5) is 12.0. The number of esters is 1. The molecule has 0 saturated carbocycles. The van der Waals surface area contributed by atoms with E-state index >= 15 is 0 Å². The van der Waals surface area contributed by atoms with Crippen molar-refractivity contribution in [1.82, 2.24) is 9.78 Å². The van der Waals surface area contributed by atoms with Crippen molar-refractivity contribution in [3.63, 3.8) is 0 Å². The van der Waals surface area contributed by atoms with E-state index in [0.717, 1.165) is 0 Å². The first-order valence-electron chi connectivity index (χ1n) is 8.42. The van der Waals surface area contributed by atoms with Crippen LogP contribution >= 0.6 is 15.9 Å². The van der Waals surface area contributed by atoms with Crippen LogP contribution in [0.5, 0.6) is 0 Å². The molecule has 1 aromatic carbocycles. The normalized spacial score (nSPS) is 18.9. The van der Waals surface area contributed by atoms with Crippen molar-refractivity contribution in [3.05, 3.63) is 46.6 Å². The van der Waals surface area contributed by atoms with Gasteiger partial charge in [-0.1, -0.05) is 6.04 Å². The first-order chi connectivity index (χ1) is 11.4. The molecule has 0 aliphatic heterocycles. The number of carbonyl (C=O) groups is 1. The maximum atomic E-state index is 12.0. The van der Waals surface area contributed by atoms with Gasteiger partial charge in [-0.3, -0.25) is 0 Å². The van der Waals surface area contributed by atoms with Gasteiger partial charge >= 0.3 is 5.97 Å². The Morgan fingerprint density at radius 3 is 3.19 bits per heavy atom. The fraction of sp³-hybridized carbons (Fsp3) is 0.0909. The number of halogens is 1. The number of methoxy groups -OCH3 is 1. The van der Waals surface area contributed by atoms with Gasteiger partial charge < -0.3 is 4.74 Å². The molecule has 5 heteroatoms. The molecule has 1 heterocycles. The van der Waals surface area contributed by atoms with E-state index in [0.29, 0.717) is 4.68 Å². The van der Waals surface area contributed by atoms with Crippen molar-refractivity contribution in [2.24, 2.45) is 0 Å². The van der Waals surface area contributed by atoms with Crippen LogP contribution in [0.15, 0.2) is 41.0 Å². The average Bonchev–Trinajstić information content (AvgIpc) is 2.71. The Morgan fingerprint density at radius 1 is 1.62 bits per heavy atom. The Labute approximate surface area is 114 Å². The van der Waals surface area contributed by atoms with E-state index in [1.54, 1.807) is 0 Å². The fourth-order valence-corrected chi connectivity index (χ4v) is 1.18. The summed E-state index contributed by atoms with van der Waals surface area (Å²) in [5, 5.41) is 3.76. The highest BCUT2D eigenvalue weighted by atomic mass is 79.9. The zero-order valence-electron chi connectivity index (χ0n) is 16.6. The second-order valence-corrected chi connectivity index (χ2v) is 3.30. The second kappa shape index (κ2) is 4.49. The lowest BCUT2D eigenvalue weighted by molar-refractivity contribution is 0.0600. The standard InChI is InChI=1S/C11H9BrN2O2/c1-16-11(15)8-3-2-4-9(7-8)14-6-5-10(12)13-14/h2-7H,1H3/i1D3,2D,3D,4D,5D,6D,7D. The Hall–Kier alpha value is -1.62. The molecule has 1 aromatic heterocycles. The highest BCUT2D eigenvalue weighted by Crippen LogP contribution is 2.13. The minimum Gasteiger partial charge on any atom is -0.465 e. The topological polar surface area (TPSA) is 44.1 Å². The number of rotatable bonds is 2. The van der Waals surface area contributed by atoms with Crippen LogP contribution in [0.2, 0.25) is 0 Å². The summed E-state index contributed by atoms with van der Waals surface area (Å²) in [5.41, 5.74) is -1.35. The molecule has 0 aliphatic carbocycles. The summed E-state index contributed by atoms with van der Waals surface area (Å²) < 4.78 is 72.5. The quantitative estimate of drug-likeness (QED) is 0.798. The smallest absolute Gasteiger partial charge is 0.337 e. The van der Waals surface area contributed by atoms with Crippen molar-refractivity contribution < 1.29 is 21.9 Å². The number of aromatic nitrogens is 2. The summed E-state index contributed by atoms with van der Waals surface area (Å²) in [5.74, 6) is -1.53. The lowest BCUT2D eigenvalue weighted by Gasteiger charge is -2.03. The van der Waals surface area contributed by atoms with Crippen molar-refractivity contribution >= 4 is 21.9 Å². The predicted molar refractivity (Wildman–Crippen MR) is 62.6 cm³/mol. The molecule has 16 heavy (non-hydrogen) atoms. The van der Waals surface area contributed by atoms with Crippen LogP contribution in [-0.4, -0.2) is 22.8 Å². The van der Waals surface area contributed by atoms with Crippen LogP contribution in [-0.2, 0) is 4.74 Å². The maximum Gasteiger partial charge on any atom is 0.337 e. The molecule has 0 aliphatic rings. The van der Waals surface area contributed by atoms with Gasteiger partial charge in [0.15, 0.2) is 0 Å². The largest absolute Gasteiger partial charge is 0.465 e. The van der Waals surface area contributed by atoms with Gasteiger partial charge in [0, 0.05) is 6.17 Å². The van der Waals surface area contributed by atoms with Gasteiger partial charge in [0.25, 0.3) is 0 Å². The van der Waals surface area contributed by atoms with Crippen LogP contribution in [0.4, 0.5) is 0 Å². The lowest BCUT2D eigenvalue weighted by atomic mass is 10.2. The molecule has 82 valence electrons. The van der Waals surface area contributed by atoms with Crippen molar-refractivity contribution in [2.45, 2.75) is 0 Å². The summed E-state index contributed by atoms with van der Waals surface area (Å²) in [6.45, 7) is 0. The van der Waals surface area contributed by atoms with Crippen molar-refractivity contribution in [3.8, 4) is 5.69 Å². The Bertz CT molecular complexity index is 878. The zero-order chi connectivity index (χ0) is 19.3. The van der Waals surface area contributed by atoms with Gasteiger partial charge in [-0.05, 0) is 40.1 Å². The summed E-state index contributed by atoms with van der Waals surface area (Å²) in [6, 6.07) is -3.46. The molecule has 0 bridgehead atoms. The van der Waals surface area contributed by atoms with Gasteiger partial charge in [-0.25, -0.2) is 9.48 Å². The second-order valence-electron chi connectivity index (χ2n) is 2.55. The number of hydrogen-bond donors (Lipinski definition) is 0. The zero-order valence-corrected chi connectivity index (χ0v) is 9.17. The molecule has 0 amide bonds. The lowest BCUT2D eigenvalue weighted by Crippen LogP contribution is -2.03. The first kappa shape index (κ1) is 4.33. The molecule has 0 atom stereocenters. The van der Waals surface area contributed by atoms with E-state index in [-0.39, 0.29) is 10.6 Å². The van der Waals surface area contributed by atoms with Gasteiger partial charge in [-0.2, -0.15) is 5.10 Å². The average molecular weight is 290 g/mol. The molecule has 0 fully saturated rings. The van der Waals surface area contributed by atoms with Gasteiger partial charge in [0.1, 0.15) is 4.60 Å². The highest BCUT2D eigenvalue weighted by molar-refractivity contribution is 9.10. The predicted octanol–water partition coefficient (Wildman–Crippen LogP) is 2.42. The Morgan fingerprint density at radius 2 is 2.50 bits per heavy atom. The van der Waals surface area contributed by atoms with Crippen LogP contribution in [0, 0.1) is 0 Å². The fourth-order valence-electron chi connectivity index (χ4n) is 0.936. The molecule has 4 nitrogen and oxygen atoms in total. The number of carbonyl (C=O) groups excluding carboxylic acids is 1. The van der Waals surface area contributed by atoms with E-state index in [1.807, 2.05) is 0 Å². The maximum absolute atomic E-state index is 12.0. The summed E-state index contributed by atoms with van der Waals surface area (Å²) in [6.07, 6.45) is -0.527. The first-order valence-corrected chi connectivity index (χ1v) is 4.72. The monoisotopic (exact) mass is 289 g/mol. The molecule has 0 N–H and O–H groups in total. The SMILES string of the molecule is [2H]c1c([2H])c(C(=O)OC([2H])([2H])[2H])c([2H])c(-n2nc(Br)c([2H])c2[2H])c1[2H]. The van der Waals surface area contributed by atoms with E-state index in [2.05, 4.69) is 25.8 Å². The van der Waals surface area contributed by atoms with E-state index < -0.39 is 54.6 Å². The molecule has 0 spiro atoms. The molecular formula is C11H9BrN2O2. The van der Waals surface area contributed by atoms with Crippen molar-refractivity contribution in [1.29, 1.82) is 0 Å². The summed E-state index contributed by atoms with van der Waals surface area (Å²) >= 11 is 2.92. The summed E-state index contributed by atoms with van der Waals surface area (Å²) in [7, 11) is -3.12. The van der Waals surface area contributed by atoms with E-state index in [4.69, 9.17) is 12.3 Å². The highest BCUT2D eigenvalue weighted by Gasteiger charge is 2.06. The molecular weight excluding hydrogens is 272 g/mol. The number of nitrogens with zero attached hydrogens (tertiary/aromatic N) is 2.